The monoisotopic (exact) mass is 315 g/mol. The zero-order chi connectivity index (χ0) is 15.3. The molecule has 0 aromatic heterocycles. The van der Waals surface area contributed by atoms with Gasteiger partial charge in [-0.1, -0.05) is 11.6 Å². The van der Waals surface area contributed by atoms with Crippen LogP contribution in [0.2, 0.25) is 5.02 Å². The number of halogens is 1. The molecule has 0 atom stereocenters. The van der Waals surface area contributed by atoms with E-state index in [0.717, 1.165) is 4.90 Å². The Kier molecular flexibility index (Phi) is 6.36. The van der Waals surface area contributed by atoms with Crippen LogP contribution in [-0.2, 0) is 4.79 Å². The number of carbonyl (C=O) groups is 2. The van der Waals surface area contributed by atoms with Crippen LogP contribution in [0.4, 0.5) is 0 Å². The van der Waals surface area contributed by atoms with Gasteiger partial charge < -0.3 is 10.0 Å². The second-order valence-electron chi connectivity index (χ2n) is 4.58. The van der Waals surface area contributed by atoms with Crippen molar-refractivity contribution in [1.82, 2.24) is 4.90 Å². The lowest BCUT2D eigenvalue weighted by molar-refractivity contribution is -0.137. The Morgan fingerprint density at radius 3 is 2.55 bits per heavy atom. The summed E-state index contributed by atoms with van der Waals surface area (Å²) in [6.07, 6.45) is 1.84. The Labute approximate surface area is 128 Å². The van der Waals surface area contributed by atoms with Crippen molar-refractivity contribution < 1.29 is 14.7 Å². The number of carbonyl (C=O) groups excluding carboxylic acids is 1. The summed E-state index contributed by atoms with van der Waals surface area (Å²) in [5.41, 5.74) is 0.414. The maximum absolute atomic E-state index is 12.5. The van der Waals surface area contributed by atoms with E-state index in [1.807, 2.05) is 26.2 Å². The Morgan fingerprint density at radius 1 is 1.40 bits per heavy atom. The topological polar surface area (TPSA) is 57.6 Å². The Balaban J connectivity index is 3.02. The number of rotatable bonds is 6. The van der Waals surface area contributed by atoms with E-state index in [-0.39, 0.29) is 24.9 Å². The van der Waals surface area contributed by atoms with Crippen molar-refractivity contribution in [3.63, 3.8) is 0 Å². The average Bonchev–Trinajstić information content (AvgIpc) is 2.38. The smallest absolute Gasteiger partial charge is 0.305 e. The molecule has 1 amide bonds. The fourth-order valence-electron chi connectivity index (χ4n) is 1.76. The van der Waals surface area contributed by atoms with Crippen LogP contribution in [0.15, 0.2) is 23.1 Å². The normalized spacial score (nSPS) is 10.7. The van der Waals surface area contributed by atoms with Gasteiger partial charge in [-0.3, -0.25) is 9.59 Å². The number of aliphatic carboxylic acids is 1. The molecule has 0 aliphatic carbocycles. The van der Waals surface area contributed by atoms with Crippen molar-refractivity contribution in [1.29, 1.82) is 0 Å². The maximum Gasteiger partial charge on any atom is 0.305 e. The molecule has 0 aliphatic heterocycles. The van der Waals surface area contributed by atoms with E-state index in [4.69, 9.17) is 16.7 Å². The van der Waals surface area contributed by atoms with Gasteiger partial charge >= 0.3 is 5.97 Å². The highest BCUT2D eigenvalue weighted by Gasteiger charge is 2.21. The molecule has 4 nitrogen and oxygen atoms in total. The summed E-state index contributed by atoms with van der Waals surface area (Å²) in [5, 5.41) is 9.15. The third kappa shape index (κ3) is 4.42. The molecule has 0 saturated carbocycles. The van der Waals surface area contributed by atoms with Gasteiger partial charge in [-0.15, -0.1) is 11.8 Å². The molecule has 1 N–H and O–H groups in total. The van der Waals surface area contributed by atoms with Crippen LogP contribution in [0.3, 0.4) is 0 Å². The molecule has 0 saturated heterocycles. The van der Waals surface area contributed by atoms with Gasteiger partial charge in [-0.05, 0) is 38.3 Å². The third-order valence-electron chi connectivity index (χ3n) is 2.85. The van der Waals surface area contributed by atoms with Crippen LogP contribution >= 0.6 is 23.4 Å². The highest BCUT2D eigenvalue weighted by molar-refractivity contribution is 7.98. The molecule has 0 aliphatic rings. The molecule has 0 spiro atoms. The lowest BCUT2D eigenvalue weighted by Gasteiger charge is -2.26. The molecule has 20 heavy (non-hydrogen) atoms. The quantitative estimate of drug-likeness (QED) is 0.818. The Hall–Kier alpha value is -1.20. The molecule has 0 unspecified atom stereocenters. The van der Waals surface area contributed by atoms with Crippen LogP contribution in [0.25, 0.3) is 0 Å². The van der Waals surface area contributed by atoms with Crippen molar-refractivity contribution in [2.75, 3.05) is 12.8 Å². The van der Waals surface area contributed by atoms with Crippen molar-refractivity contribution in [3.05, 3.63) is 28.8 Å². The fraction of sp³-hybridized carbons (Fsp3) is 0.429. The van der Waals surface area contributed by atoms with E-state index in [0.29, 0.717) is 10.6 Å². The zero-order valence-corrected chi connectivity index (χ0v) is 13.3. The van der Waals surface area contributed by atoms with Crippen LogP contribution in [0, 0.1) is 0 Å². The predicted molar refractivity (Wildman–Crippen MR) is 81.7 cm³/mol. The SMILES string of the molecule is CSc1ccc(Cl)c(C(=O)N(CCC(=O)O)C(C)C)c1. The number of thioether (sulfide) groups is 1. The van der Waals surface area contributed by atoms with E-state index in [9.17, 15) is 9.59 Å². The van der Waals surface area contributed by atoms with Gasteiger partial charge in [0.2, 0.25) is 0 Å². The van der Waals surface area contributed by atoms with Crippen LogP contribution in [0.1, 0.15) is 30.6 Å². The first-order chi connectivity index (χ1) is 9.36. The summed E-state index contributed by atoms with van der Waals surface area (Å²) >= 11 is 7.61. The highest BCUT2D eigenvalue weighted by Crippen LogP contribution is 2.24. The summed E-state index contributed by atoms with van der Waals surface area (Å²) in [6, 6.07) is 5.19. The molecular formula is C14H18ClNO3S. The second kappa shape index (κ2) is 7.55. The number of carboxylic acid groups (broad SMARTS) is 1. The third-order valence-corrected chi connectivity index (χ3v) is 3.91. The molecule has 1 aromatic carbocycles. The maximum atomic E-state index is 12.5. The van der Waals surface area contributed by atoms with Crippen LogP contribution in [-0.4, -0.2) is 40.7 Å². The molecule has 6 heteroatoms. The van der Waals surface area contributed by atoms with Crippen LogP contribution in [0.5, 0.6) is 0 Å². The van der Waals surface area contributed by atoms with Crippen molar-refractivity contribution in [2.24, 2.45) is 0 Å². The largest absolute Gasteiger partial charge is 0.481 e. The van der Waals surface area contributed by atoms with Crippen LogP contribution < -0.4 is 0 Å². The molecule has 0 bridgehead atoms. The first-order valence-corrected chi connectivity index (χ1v) is 7.83. The number of benzene rings is 1. The van der Waals surface area contributed by atoms with E-state index in [1.54, 1.807) is 12.1 Å². The summed E-state index contributed by atoms with van der Waals surface area (Å²) in [5.74, 6) is -1.16. The van der Waals surface area contributed by atoms with Gasteiger partial charge in [0.1, 0.15) is 0 Å². The Bertz CT molecular complexity index is 505. The molecular weight excluding hydrogens is 298 g/mol. The summed E-state index contributed by atoms with van der Waals surface area (Å²) < 4.78 is 0. The minimum absolute atomic E-state index is 0.0796. The molecule has 1 aromatic rings. The van der Waals surface area contributed by atoms with Gasteiger partial charge in [-0.2, -0.15) is 0 Å². The predicted octanol–water partition coefficient (Wildman–Crippen LogP) is 3.39. The summed E-state index contributed by atoms with van der Waals surface area (Å²) in [7, 11) is 0. The number of hydrogen-bond donors (Lipinski definition) is 1. The van der Waals surface area contributed by atoms with E-state index < -0.39 is 5.97 Å². The lowest BCUT2D eigenvalue weighted by atomic mass is 10.1. The first-order valence-electron chi connectivity index (χ1n) is 6.23. The number of amides is 1. The Morgan fingerprint density at radius 2 is 2.05 bits per heavy atom. The fourth-order valence-corrected chi connectivity index (χ4v) is 2.40. The molecule has 1 rings (SSSR count). The van der Waals surface area contributed by atoms with Gasteiger partial charge in [0, 0.05) is 17.5 Å². The minimum Gasteiger partial charge on any atom is -0.481 e. The van der Waals surface area contributed by atoms with Gasteiger partial charge in [0.15, 0.2) is 0 Å². The first kappa shape index (κ1) is 16.9. The van der Waals surface area contributed by atoms with Crippen molar-refractivity contribution in [3.8, 4) is 0 Å². The summed E-state index contributed by atoms with van der Waals surface area (Å²) in [4.78, 5) is 25.7. The highest BCUT2D eigenvalue weighted by atomic mass is 35.5. The second-order valence-corrected chi connectivity index (χ2v) is 5.87. The number of hydrogen-bond acceptors (Lipinski definition) is 3. The van der Waals surface area contributed by atoms with Gasteiger partial charge in [0.05, 0.1) is 17.0 Å². The number of nitrogens with zero attached hydrogens (tertiary/aromatic N) is 1. The average molecular weight is 316 g/mol. The minimum atomic E-state index is -0.924. The van der Waals surface area contributed by atoms with Gasteiger partial charge in [-0.25, -0.2) is 0 Å². The molecule has 0 fully saturated rings. The molecule has 0 heterocycles. The van der Waals surface area contributed by atoms with E-state index >= 15 is 0 Å². The van der Waals surface area contributed by atoms with Crippen molar-refractivity contribution >= 4 is 35.2 Å². The summed E-state index contributed by atoms with van der Waals surface area (Å²) in [6.45, 7) is 3.88. The molecule has 0 radical (unpaired) electrons. The van der Waals surface area contributed by atoms with E-state index in [2.05, 4.69) is 0 Å². The standard InChI is InChI=1S/C14H18ClNO3S/c1-9(2)16(7-6-13(17)18)14(19)11-8-10(20-3)4-5-12(11)15/h4-5,8-9H,6-7H2,1-3H3,(H,17,18). The van der Waals surface area contributed by atoms with Gasteiger partial charge in [0.25, 0.3) is 5.91 Å². The molecule has 110 valence electrons. The van der Waals surface area contributed by atoms with Crippen molar-refractivity contribution in [2.45, 2.75) is 31.2 Å². The number of carboxylic acids is 1. The van der Waals surface area contributed by atoms with E-state index in [1.165, 1.54) is 16.7 Å². The zero-order valence-electron chi connectivity index (χ0n) is 11.7. The lowest BCUT2D eigenvalue weighted by Crippen LogP contribution is -2.38.